The Morgan fingerprint density at radius 1 is 1.05 bits per heavy atom. The van der Waals surface area contributed by atoms with E-state index in [1.807, 2.05) is 13.8 Å². The predicted molar refractivity (Wildman–Crippen MR) is 79.3 cm³/mol. The number of hydrogen-bond donors (Lipinski definition) is 1. The number of aliphatic hydroxyl groups is 1. The number of carbonyl (C=O) groups is 1. The van der Waals surface area contributed by atoms with E-state index in [1.165, 1.54) is 25.7 Å². The average molecular weight is 282 g/mol. The van der Waals surface area contributed by atoms with Gasteiger partial charge in [-0.1, -0.05) is 45.4 Å². The van der Waals surface area contributed by atoms with E-state index in [2.05, 4.69) is 0 Å². The van der Waals surface area contributed by atoms with Gasteiger partial charge in [-0.05, 0) is 38.0 Å². The van der Waals surface area contributed by atoms with Gasteiger partial charge in [0.15, 0.2) is 0 Å². The molecule has 0 aromatic heterocycles. The Labute approximate surface area is 123 Å². The molecule has 1 saturated carbocycles. The van der Waals surface area contributed by atoms with Crippen molar-refractivity contribution in [2.24, 2.45) is 17.8 Å². The standard InChI is InChI=1S/C17H30O3/c1-12-7-3-6-10-15(11-14-8-4-5-9-14)16(18)13(2)20-17(12)19/h12-16,18H,3-11H2,1-2H3/t12-,13-,15+,16-/m0/s1. The van der Waals surface area contributed by atoms with Crippen molar-refractivity contribution < 1.29 is 14.6 Å². The second-order valence-electron chi connectivity index (χ2n) is 6.96. The SMILES string of the molecule is C[C@@H]1OC(=O)[C@@H](C)CCCC[C@H](CC2CCCC2)[C@H]1O. The molecule has 1 aliphatic carbocycles. The molecule has 1 aliphatic heterocycles. The molecule has 2 aliphatic rings. The van der Waals surface area contributed by atoms with Crippen LogP contribution >= 0.6 is 0 Å². The summed E-state index contributed by atoms with van der Waals surface area (Å²) < 4.78 is 5.46. The minimum Gasteiger partial charge on any atom is -0.460 e. The number of ether oxygens (including phenoxy) is 1. The van der Waals surface area contributed by atoms with Gasteiger partial charge in [0.05, 0.1) is 12.0 Å². The Morgan fingerprint density at radius 3 is 2.35 bits per heavy atom. The summed E-state index contributed by atoms with van der Waals surface area (Å²) in [6.07, 6.45) is 9.74. The molecule has 3 nitrogen and oxygen atoms in total. The smallest absolute Gasteiger partial charge is 0.309 e. The number of aliphatic hydroxyl groups excluding tert-OH is 1. The van der Waals surface area contributed by atoms with E-state index in [-0.39, 0.29) is 18.0 Å². The zero-order chi connectivity index (χ0) is 14.5. The summed E-state index contributed by atoms with van der Waals surface area (Å²) in [5, 5.41) is 10.5. The summed E-state index contributed by atoms with van der Waals surface area (Å²) in [5.41, 5.74) is 0. The summed E-state index contributed by atoms with van der Waals surface area (Å²) in [5.74, 6) is 0.905. The van der Waals surface area contributed by atoms with Gasteiger partial charge in [-0.25, -0.2) is 0 Å². The second-order valence-corrected chi connectivity index (χ2v) is 6.96. The number of esters is 1. The lowest BCUT2D eigenvalue weighted by atomic mass is 9.83. The van der Waals surface area contributed by atoms with Crippen LogP contribution in [-0.2, 0) is 9.53 Å². The Kier molecular flexibility index (Phi) is 5.88. The lowest BCUT2D eigenvalue weighted by Gasteiger charge is -2.31. The highest BCUT2D eigenvalue weighted by molar-refractivity contribution is 5.72. The molecule has 116 valence electrons. The van der Waals surface area contributed by atoms with Crippen molar-refractivity contribution in [1.29, 1.82) is 0 Å². The molecule has 2 fully saturated rings. The molecule has 1 heterocycles. The molecular weight excluding hydrogens is 252 g/mol. The van der Waals surface area contributed by atoms with Gasteiger partial charge in [0.2, 0.25) is 0 Å². The highest BCUT2D eigenvalue weighted by atomic mass is 16.6. The fourth-order valence-corrected chi connectivity index (χ4v) is 3.83. The van der Waals surface area contributed by atoms with Crippen molar-refractivity contribution in [3.63, 3.8) is 0 Å². The predicted octanol–water partition coefficient (Wildman–Crippen LogP) is 3.69. The van der Waals surface area contributed by atoms with Crippen LogP contribution in [-0.4, -0.2) is 23.3 Å². The van der Waals surface area contributed by atoms with Crippen molar-refractivity contribution in [3.05, 3.63) is 0 Å². The van der Waals surface area contributed by atoms with Gasteiger partial charge in [-0.3, -0.25) is 4.79 Å². The molecule has 1 N–H and O–H groups in total. The molecule has 0 aromatic carbocycles. The highest BCUT2D eigenvalue weighted by Gasteiger charge is 2.32. The average Bonchev–Trinajstić information content (AvgIpc) is 2.92. The third-order valence-corrected chi connectivity index (χ3v) is 5.24. The van der Waals surface area contributed by atoms with Crippen LogP contribution < -0.4 is 0 Å². The van der Waals surface area contributed by atoms with E-state index in [0.29, 0.717) is 5.92 Å². The third kappa shape index (κ3) is 4.21. The first-order valence-corrected chi connectivity index (χ1v) is 8.46. The summed E-state index contributed by atoms with van der Waals surface area (Å²) in [4.78, 5) is 11.9. The number of carbonyl (C=O) groups excluding carboxylic acids is 1. The van der Waals surface area contributed by atoms with Crippen molar-refractivity contribution in [1.82, 2.24) is 0 Å². The molecule has 0 bridgehead atoms. The van der Waals surface area contributed by atoms with Crippen LogP contribution in [0.5, 0.6) is 0 Å². The van der Waals surface area contributed by atoms with Gasteiger partial charge in [-0.2, -0.15) is 0 Å². The molecular formula is C17H30O3. The molecule has 0 aromatic rings. The summed E-state index contributed by atoms with van der Waals surface area (Å²) in [6.45, 7) is 3.78. The second kappa shape index (κ2) is 7.44. The van der Waals surface area contributed by atoms with E-state index in [4.69, 9.17) is 4.74 Å². The lowest BCUT2D eigenvalue weighted by molar-refractivity contribution is -0.161. The molecule has 0 amide bonds. The lowest BCUT2D eigenvalue weighted by Crippen LogP contribution is -2.37. The van der Waals surface area contributed by atoms with Crippen LogP contribution in [0.15, 0.2) is 0 Å². The minimum absolute atomic E-state index is 0.0315. The molecule has 0 spiro atoms. The molecule has 3 heteroatoms. The Bertz CT molecular complexity index is 309. The van der Waals surface area contributed by atoms with Crippen molar-refractivity contribution in [2.45, 2.75) is 83.8 Å². The Morgan fingerprint density at radius 2 is 1.65 bits per heavy atom. The van der Waals surface area contributed by atoms with Gasteiger partial charge in [-0.15, -0.1) is 0 Å². The molecule has 20 heavy (non-hydrogen) atoms. The van der Waals surface area contributed by atoms with Crippen LogP contribution in [0.4, 0.5) is 0 Å². The van der Waals surface area contributed by atoms with Crippen molar-refractivity contribution in [3.8, 4) is 0 Å². The van der Waals surface area contributed by atoms with E-state index in [0.717, 1.165) is 38.0 Å². The highest BCUT2D eigenvalue weighted by Crippen LogP contribution is 2.35. The van der Waals surface area contributed by atoms with Crippen LogP contribution in [0, 0.1) is 17.8 Å². The van der Waals surface area contributed by atoms with Gasteiger partial charge < -0.3 is 9.84 Å². The zero-order valence-corrected chi connectivity index (χ0v) is 13.0. The molecule has 0 radical (unpaired) electrons. The Hall–Kier alpha value is -0.570. The van der Waals surface area contributed by atoms with Gasteiger partial charge in [0.25, 0.3) is 0 Å². The molecule has 4 atom stereocenters. The first kappa shape index (κ1) is 15.8. The number of hydrogen-bond acceptors (Lipinski definition) is 3. The van der Waals surface area contributed by atoms with Crippen LogP contribution in [0.1, 0.15) is 71.6 Å². The molecule has 2 rings (SSSR count). The van der Waals surface area contributed by atoms with Crippen LogP contribution in [0.25, 0.3) is 0 Å². The monoisotopic (exact) mass is 282 g/mol. The van der Waals surface area contributed by atoms with Crippen molar-refractivity contribution in [2.75, 3.05) is 0 Å². The quantitative estimate of drug-likeness (QED) is 0.786. The number of rotatable bonds is 2. The van der Waals surface area contributed by atoms with Crippen molar-refractivity contribution >= 4 is 5.97 Å². The minimum atomic E-state index is -0.496. The van der Waals surface area contributed by atoms with Crippen LogP contribution in [0.2, 0.25) is 0 Å². The zero-order valence-electron chi connectivity index (χ0n) is 13.0. The largest absolute Gasteiger partial charge is 0.460 e. The van der Waals surface area contributed by atoms with E-state index in [1.54, 1.807) is 0 Å². The van der Waals surface area contributed by atoms with E-state index >= 15 is 0 Å². The first-order valence-electron chi connectivity index (χ1n) is 8.46. The summed E-state index contributed by atoms with van der Waals surface area (Å²) in [6, 6.07) is 0. The Balaban J connectivity index is 1.96. The first-order chi connectivity index (χ1) is 9.58. The maximum atomic E-state index is 11.9. The summed E-state index contributed by atoms with van der Waals surface area (Å²) in [7, 11) is 0. The number of cyclic esters (lactones) is 1. The van der Waals surface area contributed by atoms with Gasteiger partial charge in [0, 0.05) is 0 Å². The fourth-order valence-electron chi connectivity index (χ4n) is 3.83. The van der Waals surface area contributed by atoms with Gasteiger partial charge in [0.1, 0.15) is 6.10 Å². The van der Waals surface area contributed by atoms with Crippen LogP contribution in [0.3, 0.4) is 0 Å². The van der Waals surface area contributed by atoms with E-state index < -0.39 is 6.10 Å². The topological polar surface area (TPSA) is 46.5 Å². The fraction of sp³-hybridized carbons (Fsp3) is 0.941. The third-order valence-electron chi connectivity index (χ3n) is 5.24. The normalized spacial score (nSPS) is 37.6. The molecule has 1 saturated heterocycles. The maximum absolute atomic E-state index is 11.9. The van der Waals surface area contributed by atoms with Gasteiger partial charge >= 0.3 is 5.97 Å². The summed E-state index contributed by atoms with van der Waals surface area (Å²) >= 11 is 0. The van der Waals surface area contributed by atoms with E-state index in [9.17, 15) is 9.90 Å². The maximum Gasteiger partial charge on any atom is 0.309 e. The molecule has 0 unspecified atom stereocenters.